The van der Waals surface area contributed by atoms with E-state index in [4.69, 9.17) is 10.5 Å². The van der Waals surface area contributed by atoms with Gasteiger partial charge in [0.1, 0.15) is 5.75 Å². The Balaban J connectivity index is 2.02. The Hall–Kier alpha value is -1.38. The van der Waals surface area contributed by atoms with Gasteiger partial charge in [-0.15, -0.1) is 0 Å². The lowest BCUT2D eigenvalue weighted by atomic mass is 9.75. The number of anilines is 2. The summed E-state index contributed by atoms with van der Waals surface area (Å²) >= 11 is 0. The second kappa shape index (κ2) is 5.09. The number of para-hydroxylation sites is 1. The Morgan fingerprint density at radius 2 is 1.94 bits per heavy atom. The van der Waals surface area contributed by atoms with Gasteiger partial charge in [0.25, 0.3) is 0 Å². The van der Waals surface area contributed by atoms with Gasteiger partial charge in [-0.1, -0.05) is 19.9 Å². The van der Waals surface area contributed by atoms with Crippen LogP contribution in [-0.4, -0.2) is 13.2 Å². The Bertz CT molecular complexity index is 405. The number of methoxy groups -OCH3 is 1. The third-order valence-electron chi connectivity index (χ3n) is 3.98. The van der Waals surface area contributed by atoms with Gasteiger partial charge in [0.05, 0.1) is 18.5 Å². The molecule has 0 amide bonds. The highest BCUT2D eigenvalue weighted by Gasteiger charge is 2.26. The molecule has 18 heavy (non-hydrogen) atoms. The normalized spacial score (nSPS) is 19.5. The number of nitrogens with two attached hydrogens (primary N) is 1. The molecule has 2 rings (SSSR count). The first-order valence-electron chi connectivity index (χ1n) is 6.71. The van der Waals surface area contributed by atoms with E-state index in [2.05, 4.69) is 19.2 Å². The van der Waals surface area contributed by atoms with E-state index in [0.29, 0.717) is 17.1 Å². The highest BCUT2D eigenvalue weighted by molar-refractivity contribution is 5.73. The lowest BCUT2D eigenvalue weighted by Gasteiger charge is -2.35. The number of rotatable bonds is 3. The predicted molar refractivity (Wildman–Crippen MR) is 77.1 cm³/mol. The van der Waals surface area contributed by atoms with Gasteiger partial charge in [-0.25, -0.2) is 0 Å². The van der Waals surface area contributed by atoms with Crippen molar-refractivity contribution in [2.75, 3.05) is 18.2 Å². The van der Waals surface area contributed by atoms with Crippen LogP contribution in [0.4, 0.5) is 11.4 Å². The summed E-state index contributed by atoms with van der Waals surface area (Å²) in [6.07, 6.45) is 4.97. The lowest BCUT2D eigenvalue weighted by Crippen LogP contribution is -2.30. The molecule has 1 aromatic rings. The van der Waals surface area contributed by atoms with Crippen LogP contribution in [0.25, 0.3) is 0 Å². The maximum Gasteiger partial charge on any atom is 0.143 e. The van der Waals surface area contributed by atoms with Crippen molar-refractivity contribution in [2.24, 2.45) is 5.41 Å². The van der Waals surface area contributed by atoms with E-state index in [1.54, 1.807) is 7.11 Å². The molecule has 1 aliphatic carbocycles. The van der Waals surface area contributed by atoms with Crippen molar-refractivity contribution in [1.29, 1.82) is 0 Å². The van der Waals surface area contributed by atoms with Crippen LogP contribution in [0, 0.1) is 5.41 Å². The van der Waals surface area contributed by atoms with E-state index in [9.17, 15) is 0 Å². The fourth-order valence-corrected chi connectivity index (χ4v) is 2.61. The maximum absolute atomic E-state index is 6.08. The molecule has 3 heteroatoms. The molecule has 3 nitrogen and oxygen atoms in total. The first-order chi connectivity index (χ1) is 8.52. The number of nitrogens with one attached hydrogen (secondary N) is 1. The smallest absolute Gasteiger partial charge is 0.143 e. The molecular formula is C15H24N2O. The van der Waals surface area contributed by atoms with Crippen molar-refractivity contribution in [3.63, 3.8) is 0 Å². The number of hydrogen-bond donors (Lipinski definition) is 2. The van der Waals surface area contributed by atoms with Crippen LogP contribution in [0.3, 0.4) is 0 Å². The molecule has 0 saturated heterocycles. The fourth-order valence-electron chi connectivity index (χ4n) is 2.61. The Kier molecular flexibility index (Phi) is 3.69. The minimum Gasteiger partial charge on any atom is -0.495 e. The van der Waals surface area contributed by atoms with Crippen LogP contribution >= 0.6 is 0 Å². The van der Waals surface area contributed by atoms with E-state index < -0.39 is 0 Å². The molecule has 0 spiro atoms. The summed E-state index contributed by atoms with van der Waals surface area (Å²) in [4.78, 5) is 0. The van der Waals surface area contributed by atoms with Crippen molar-refractivity contribution in [2.45, 2.75) is 45.6 Å². The Labute approximate surface area is 110 Å². The predicted octanol–water partition coefficient (Wildman–Crippen LogP) is 3.66. The quantitative estimate of drug-likeness (QED) is 0.802. The zero-order chi connectivity index (χ0) is 13.2. The van der Waals surface area contributed by atoms with Crippen LogP contribution in [0.15, 0.2) is 18.2 Å². The third-order valence-corrected chi connectivity index (χ3v) is 3.98. The van der Waals surface area contributed by atoms with E-state index in [1.807, 2.05) is 18.2 Å². The van der Waals surface area contributed by atoms with Crippen LogP contribution in [-0.2, 0) is 0 Å². The average Bonchev–Trinajstić information content (AvgIpc) is 2.34. The molecular weight excluding hydrogens is 224 g/mol. The minimum absolute atomic E-state index is 0.498. The van der Waals surface area contributed by atoms with Gasteiger partial charge in [-0.05, 0) is 43.2 Å². The molecule has 0 aliphatic heterocycles. The third kappa shape index (κ3) is 2.89. The summed E-state index contributed by atoms with van der Waals surface area (Å²) in [5, 5.41) is 3.56. The van der Waals surface area contributed by atoms with Gasteiger partial charge in [0.15, 0.2) is 0 Å². The van der Waals surface area contributed by atoms with Crippen LogP contribution in [0.5, 0.6) is 5.75 Å². The van der Waals surface area contributed by atoms with Crippen LogP contribution in [0.1, 0.15) is 39.5 Å². The molecule has 1 fully saturated rings. The summed E-state index contributed by atoms with van der Waals surface area (Å²) in [7, 11) is 1.65. The number of ether oxygens (including phenoxy) is 1. The van der Waals surface area contributed by atoms with E-state index in [0.717, 1.165) is 11.4 Å². The molecule has 0 bridgehead atoms. The molecule has 1 aromatic carbocycles. The zero-order valence-corrected chi connectivity index (χ0v) is 11.6. The summed E-state index contributed by atoms with van der Waals surface area (Å²) in [5.74, 6) is 0.746. The lowest BCUT2D eigenvalue weighted by molar-refractivity contribution is 0.232. The Morgan fingerprint density at radius 1 is 1.28 bits per heavy atom. The van der Waals surface area contributed by atoms with Crippen LogP contribution in [0.2, 0.25) is 0 Å². The SMILES string of the molecule is COc1cccc(NC2CCC(C)(C)CC2)c1N. The summed E-state index contributed by atoms with van der Waals surface area (Å²) in [6.45, 7) is 4.70. The topological polar surface area (TPSA) is 47.3 Å². The van der Waals surface area contributed by atoms with E-state index in [1.165, 1.54) is 25.7 Å². The Morgan fingerprint density at radius 3 is 2.56 bits per heavy atom. The van der Waals surface area contributed by atoms with Gasteiger partial charge in [0, 0.05) is 6.04 Å². The monoisotopic (exact) mass is 248 g/mol. The average molecular weight is 248 g/mol. The number of benzene rings is 1. The highest BCUT2D eigenvalue weighted by Crippen LogP contribution is 2.37. The molecule has 1 aliphatic rings. The van der Waals surface area contributed by atoms with Crippen molar-refractivity contribution in [1.82, 2.24) is 0 Å². The summed E-state index contributed by atoms with van der Waals surface area (Å²) < 4.78 is 5.24. The molecule has 0 atom stereocenters. The molecule has 0 radical (unpaired) electrons. The van der Waals surface area contributed by atoms with Gasteiger partial charge < -0.3 is 15.8 Å². The maximum atomic E-state index is 6.08. The molecule has 1 saturated carbocycles. The summed E-state index contributed by atoms with van der Waals surface area (Å²) in [5.41, 5.74) is 8.29. The fraction of sp³-hybridized carbons (Fsp3) is 0.600. The second-order valence-corrected chi connectivity index (χ2v) is 6.00. The van der Waals surface area contributed by atoms with Crippen molar-refractivity contribution in [3.05, 3.63) is 18.2 Å². The standard InChI is InChI=1S/C15H24N2O/c1-15(2)9-7-11(8-10-15)17-12-5-4-6-13(18-3)14(12)16/h4-6,11,17H,7-10,16H2,1-3H3. The van der Waals surface area contributed by atoms with Gasteiger partial charge in [0.2, 0.25) is 0 Å². The van der Waals surface area contributed by atoms with Crippen molar-refractivity contribution in [3.8, 4) is 5.75 Å². The van der Waals surface area contributed by atoms with Crippen LogP contribution < -0.4 is 15.8 Å². The molecule has 0 unspecified atom stereocenters. The minimum atomic E-state index is 0.498. The number of nitrogen functional groups attached to an aromatic ring is 1. The van der Waals surface area contributed by atoms with E-state index in [-0.39, 0.29) is 0 Å². The first kappa shape index (κ1) is 13.1. The highest BCUT2D eigenvalue weighted by atomic mass is 16.5. The molecule has 100 valence electrons. The molecule has 0 heterocycles. The largest absolute Gasteiger partial charge is 0.495 e. The molecule has 3 N–H and O–H groups in total. The second-order valence-electron chi connectivity index (χ2n) is 6.00. The van der Waals surface area contributed by atoms with Gasteiger partial charge in [-0.2, -0.15) is 0 Å². The number of hydrogen-bond acceptors (Lipinski definition) is 3. The van der Waals surface area contributed by atoms with Gasteiger partial charge >= 0.3 is 0 Å². The van der Waals surface area contributed by atoms with Crippen molar-refractivity contribution >= 4 is 11.4 Å². The summed E-state index contributed by atoms with van der Waals surface area (Å²) in [6, 6.07) is 6.43. The van der Waals surface area contributed by atoms with Gasteiger partial charge in [-0.3, -0.25) is 0 Å². The van der Waals surface area contributed by atoms with E-state index >= 15 is 0 Å². The van der Waals surface area contributed by atoms with Crippen molar-refractivity contribution < 1.29 is 4.74 Å². The zero-order valence-electron chi connectivity index (χ0n) is 11.6. The molecule has 0 aromatic heterocycles. The first-order valence-corrected chi connectivity index (χ1v) is 6.71.